The van der Waals surface area contributed by atoms with E-state index in [0.29, 0.717) is 0 Å². The molecule has 1 N–H and O–H groups in total. The van der Waals surface area contributed by atoms with Gasteiger partial charge in [-0.1, -0.05) is 0 Å². The third-order valence-corrected chi connectivity index (χ3v) is 2.72. The molecule has 0 atom stereocenters. The number of halogens is 1. The van der Waals surface area contributed by atoms with Crippen LogP contribution in [0.4, 0.5) is 0 Å². The molecule has 0 aliphatic rings. The Bertz CT molecular complexity index is 356. The molecule has 0 aliphatic heterocycles. The summed E-state index contributed by atoms with van der Waals surface area (Å²) in [7, 11) is -3.86. The van der Waals surface area contributed by atoms with E-state index in [1.807, 2.05) is 0 Å². The Kier molecular flexibility index (Phi) is 2.56. The fraction of sp³-hybridized carbons (Fsp3) is 0. The number of hydrogen-bond acceptors (Lipinski definition) is 4. The molecule has 4 nitrogen and oxygen atoms in total. The standard InChI is InChI=1S/C6H5ClO4S/c7-11-12(9,10)6-3-1-5(8)2-4-6/h1-4,8H. The summed E-state index contributed by atoms with van der Waals surface area (Å²) in [5.41, 5.74) is 0. The summed E-state index contributed by atoms with van der Waals surface area (Å²) < 4.78 is 25.5. The molecule has 0 aromatic heterocycles. The van der Waals surface area contributed by atoms with Crippen molar-refractivity contribution in [1.29, 1.82) is 0 Å². The second-order valence-corrected chi connectivity index (χ2v) is 3.89. The van der Waals surface area contributed by atoms with Crippen molar-refractivity contribution in [3.63, 3.8) is 0 Å². The first-order valence-corrected chi connectivity index (χ1v) is 4.62. The molecule has 0 saturated carbocycles. The van der Waals surface area contributed by atoms with E-state index >= 15 is 0 Å². The molecule has 0 saturated heterocycles. The highest BCUT2D eigenvalue weighted by molar-refractivity contribution is 7.87. The maximum absolute atomic E-state index is 10.9. The van der Waals surface area contributed by atoms with E-state index < -0.39 is 10.1 Å². The average Bonchev–Trinajstić information content (AvgIpc) is 2.05. The van der Waals surface area contributed by atoms with Gasteiger partial charge in [-0.15, -0.1) is 0 Å². The predicted molar refractivity (Wildman–Crippen MR) is 42.2 cm³/mol. The number of benzene rings is 1. The molecule has 12 heavy (non-hydrogen) atoms. The zero-order valence-electron chi connectivity index (χ0n) is 5.77. The monoisotopic (exact) mass is 208 g/mol. The van der Waals surface area contributed by atoms with Crippen molar-refractivity contribution >= 4 is 22.0 Å². The molecule has 0 spiro atoms. The smallest absolute Gasteiger partial charge is 0.312 e. The van der Waals surface area contributed by atoms with Gasteiger partial charge in [0.1, 0.15) is 5.75 Å². The van der Waals surface area contributed by atoms with Crippen molar-refractivity contribution < 1.29 is 17.3 Å². The Morgan fingerprint density at radius 1 is 1.25 bits per heavy atom. The lowest BCUT2D eigenvalue weighted by Gasteiger charge is -1.97. The Morgan fingerprint density at radius 3 is 2.17 bits per heavy atom. The molecular weight excluding hydrogens is 204 g/mol. The molecule has 1 aromatic carbocycles. The lowest BCUT2D eigenvalue weighted by molar-refractivity contribution is 0.474. The van der Waals surface area contributed by atoms with E-state index in [-0.39, 0.29) is 10.6 Å². The molecule has 66 valence electrons. The second kappa shape index (κ2) is 3.30. The van der Waals surface area contributed by atoms with Crippen molar-refractivity contribution in [2.24, 2.45) is 0 Å². The summed E-state index contributed by atoms with van der Waals surface area (Å²) in [6.45, 7) is 0. The van der Waals surface area contributed by atoms with Crippen LogP contribution in [0.2, 0.25) is 0 Å². The van der Waals surface area contributed by atoms with Crippen LogP contribution in [0.1, 0.15) is 0 Å². The van der Waals surface area contributed by atoms with Crippen LogP contribution in [0.25, 0.3) is 0 Å². The molecule has 6 heteroatoms. The molecule has 0 aliphatic carbocycles. The largest absolute Gasteiger partial charge is 0.508 e. The highest BCUT2D eigenvalue weighted by Crippen LogP contribution is 2.16. The Labute approximate surface area is 74.6 Å². The van der Waals surface area contributed by atoms with Crippen LogP contribution in [0, 0.1) is 0 Å². The zero-order chi connectivity index (χ0) is 9.19. The third-order valence-electron chi connectivity index (χ3n) is 1.21. The van der Waals surface area contributed by atoms with Crippen LogP contribution in [-0.4, -0.2) is 13.5 Å². The minimum absolute atomic E-state index is 0.0245. The summed E-state index contributed by atoms with van der Waals surface area (Å²) in [5.74, 6) is -0.0245. The quantitative estimate of drug-likeness (QED) is 0.795. The maximum Gasteiger partial charge on any atom is 0.312 e. The molecule has 0 amide bonds. The fourth-order valence-electron chi connectivity index (χ4n) is 0.649. The number of phenols is 1. The van der Waals surface area contributed by atoms with Gasteiger partial charge in [0.15, 0.2) is 0 Å². The van der Waals surface area contributed by atoms with Gasteiger partial charge in [-0.2, -0.15) is 12.2 Å². The van der Waals surface area contributed by atoms with Gasteiger partial charge in [-0.3, -0.25) is 0 Å². The van der Waals surface area contributed by atoms with E-state index in [2.05, 4.69) is 3.74 Å². The number of hydrogen-bond donors (Lipinski definition) is 1. The van der Waals surface area contributed by atoms with Gasteiger partial charge in [0.05, 0.1) is 16.8 Å². The molecular formula is C6H5ClO4S. The Morgan fingerprint density at radius 2 is 1.75 bits per heavy atom. The predicted octanol–water partition coefficient (Wildman–Crippen LogP) is 1.25. The minimum atomic E-state index is -3.86. The van der Waals surface area contributed by atoms with E-state index in [1.54, 1.807) is 0 Å². The first-order chi connectivity index (χ1) is 5.56. The van der Waals surface area contributed by atoms with Crippen molar-refractivity contribution in [2.75, 3.05) is 0 Å². The van der Waals surface area contributed by atoms with Gasteiger partial charge < -0.3 is 5.11 Å². The van der Waals surface area contributed by atoms with Gasteiger partial charge in [-0.25, -0.2) is 0 Å². The fourth-order valence-corrected chi connectivity index (χ4v) is 1.41. The lowest BCUT2D eigenvalue weighted by atomic mass is 10.3. The first kappa shape index (κ1) is 9.31. The van der Waals surface area contributed by atoms with Crippen LogP contribution < -0.4 is 0 Å². The normalized spacial score (nSPS) is 11.4. The molecule has 0 fully saturated rings. The molecule has 0 heterocycles. The van der Waals surface area contributed by atoms with Crippen molar-refractivity contribution in [3.05, 3.63) is 24.3 Å². The number of rotatable bonds is 2. The molecule has 0 unspecified atom stereocenters. The molecule has 0 bridgehead atoms. The maximum atomic E-state index is 10.9. The van der Waals surface area contributed by atoms with Gasteiger partial charge in [0.2, 0.25) is 0 Å². The minimum Gasteiger partial charge on any atom is -0.508 e. The summed E-state index contributed by atoms with van der Waals surface area (Å²) in [6.07, 6.45) is 0. The summed E-state index contributed by atoms with van der Waals surface area (Å²) in [5, 5.41) is 8.83. The Hall–Kier alpha value is -0.780. The zero-order valence-corrected chi connectivity index (χ0v) is 7.34. The number of aromatic hydroxyl groups is 1. The third kappa shape index (κ3) is 1.88. The van der Waals surface area contributed by atoms with Gasteiger partial charge in [-0.05, 0) is 24.3 Å². The van der Waals surface area contributed by atoms with E-state index in [4.69, 9.17) is 17.0 Å². The van der Waals surface area contributed by atoms with Gasteiger partial charge in [0.25, 0.3) is 0 Å². The highest BCUT2D eigenvalue weighted by atomic mass is 35.5. The van der Waals surface area contributed by atoms with Crippen molar-refractivity contribution in [2.45, 2.75) is 4.90 Å². The summed E-state index contributed by atoms with van der Waals surface area (Å²) in [6, 6.07) is 4.83. The van der Waals surface area contributed by atoms with E-state index in [0.717, 1.165) is 0 Å². The van der Waals surface area contributed by atoms with Crippen LogP contribution in [0.15, 0.2) is 29.2 Å². The van der Waals surface area contributed by atoms with Crippen molar-refractivity contribution in [1.82, 2.24) is 0 Å². The topological polar surface area (TPSA) is 63.6 Å². The second-order valence-electron chi connectivity index (χ2n) is 2.01. The average molecular weight is 209 g/mol. The summed E-state index contributed by atoms with van der Waals surface area (Å²) in [4.78, 5) is -0.102. The molecule has 1 aromatic rings. The van der Waals surface area contributed by atoms with Crippen molar-refractivity contribution in [3.8, 4) is 5.75 Å². The van der Waals surface area contributed by atoms with Crippen LogP contribution >= 0.6 is 11.9 Å². The number of phenolic OH excluding ortho intramolecular Hbond substituents is 1. The van der Waals surface area contributed by atoms with Crippen LogP contribution in [-0.2, 0) is 13.9 Å². The molecule has 0 radical (unpaired) electrons. The van der Waals surface area contributed by atoms with Crippen LogP contribution in [0.3, 0.4) is 0 Å². The Balaban J connectivity index is 3.14. The van der Waals surface area contributed by atoms with Gasteiger partial charge >= 0.3 is 10.1 Å². The highest BCUT2D eigenvalue weighted by Gasteiger charge is 2.13. The van der Waals surface area contributed by atoms with E-state index in [1.165, 1.54) is 24.3 Å². The SMILES string of the molecule is O=S(=O)(OCl)c1ccc(O)cc1. The van der Waals surface area contributed by atoms with E-state index in [9.17, 15) is 8.42 Å². The molecule has 1 rings (SSSR count). The summed E-state index contributed by atoms with van der Waals surface area (Å²) >= 11 is 4.72. The first-order valence-electron chi connectivity index (χ1n) is 2.90. The lowest BCUT2D eigenvalue weighted by Crippen LogP contribution is -1.98. The van der Waals surface area contributed by atoms with Gasteiger partial charge in [0, 0.05) is 0 Å². The van der Waals surface area contributed by atoms with Crippen LogP contribution in [0.5, 0.6) is 5.75 Å².